The summed E-state index contributed by atoms with van der Waals surface area (Å²) < 4.78 is 18.5. The molecule has 3 nitrogen and oxygen atoms in total. The van der Waals surface area contributed by atoms with Crippen LogP contribution in [0.3, 0.4) is 0 Å². The van der Waals surface area contributed by atoms with Gasteiger partial charge in [0.25, 0.3) is 5.91 Å². The summed E-state index contributed by atoms with van der Waals surface area (Å²) in [7, 11) is 1.45. The van der Waals surface area contributed by atoms with Gasteiger partial charge in [-0.15, -0.1) is 11.6 Å². The lowest BCUT2D eigenvalue weighted by Crippen LogP contribution is -2.31. The molecule has 1 fully saturated rings. The lowest BCUT2D eigenvalue weighted by atomic mass is 10.1. The third-order valence-corrected chi connectivity index (χ3v) is 3.85. The van der Waals surface area contributed by atoms with Crippen LogP contribution in [0.15, 0.2) is 18.2 Å². The Morgan fingerprint density at radius 2 is 2.28 bits per heavy atom. The van der Waals surface area contributed by atoms with Crippen LogP contribution in [0.25, 0.3) is 0 Å². The molecule has 1 amide bonds. The molecule has 5 heteroatoms. The van der Waals surface area contributed by atoms with Gasteiger partial charge in [-0.05, 0) is 25.0 Å². The molecule has 0 saturated heterocycles. The Balaban J connectivity index is 2.00. The zero-order valence-corrected chi connectivity index (χ0v) is 10.9. The summed E-state index contributed by atoms with van der Waals surface area (Å²) in [5, 5.41) is 2.73. The number of halogens is 2. The molecular weight excluding hydrogens is 257 g/mol. The highest BCUT2D eigenvalue weighted by molar-refractivity contribution is 6.18. The monoisotopic (exact) mass is 271 g/mol. The fourth-order valence-electron chi connectivity index (χ4n) is 1.70. The number of carbonyl (C=O) groups is 1. The van der Waals surface area contributed by atoms with Crippen molar-refractivity contribution in [1.29, 1.82) is 0 Å². The fraction of sp³-hybridized carbons (Fsp3) is 0.462. The molecule has 0 atom stereocenters. The number of alkyl halides is 1. The summed E-state index contributed by atoms with van der Waals surface area (Å²) in [5.74, 6) is -0.0733. The van der Waals surface area contributed by atoms with Crippen molar-refractivity contribution in [2.75, 3.05) is 19.5 Å². The lowest BCUT2D eigenvalue weighted by Gasteiger charge is -2.13. The molecule has 0 heterocycles. The van der Waals surface area contributed by atoms with Crippen LogP contribution in [0.5, 0.6) is 5.75 Å². The van der Waals surface area contributed by atoms with Gasteiger partial charge in [0.05, 0.1) is 12.7 Å². The first-order valence-corrected chi connectivity index (χ1v) is 6.31. The van der Waals surface area contributed by atoms with E-state index in [2.05, 4.69) is 5.32 Å². The average molecular weight is 272 g/mol. The van der Waals surface area contributed by atoms with Crippen LogP contribution in [-0.4, -0.2) is 25.4 Å². The van der Waals surface area contributed by atoms with Crippen LogP contribution in [0.2, 0.25) is 0 Å². The quantitative estimate of drug-likeness (QED) is 0.836. The Bertz CT molecular complexity index is 460. The molecule has 1 aromatic rings. The highest BCUT2D eigenvalue weighted by Crippen LogP contribution is 2.45. The molecule has 0 aromatic heterocycles. The van der Waals surface area contributed by atoms with Crippen molar-refractivity contribution in [3.05, 3.63) is 29.6 Å². The standard InChI is InChI=1S/C13H15ClFNO2/c1-18-9-2-3-10(11(15)6-9)12(17)16-8-13(7-14)4-5-13/h2-3,6H,4-5,7-8H2,1H3,(H,16,17). The third-order valence-electron chi connectivity index (χ3n) is 3.29. The van der Waals surface area contributed by atoms with Crippen molar-refractivity contribution in [1.82, 2.24) is 5.32 Å². The second kappa shape index (κ2) is 5.14. The maximum atomic E-state index is 13.6. The Hall–Kier alpha value is -1.29. The predicted octanol–water partition coefficient (Wildman–Crippen LogP) is 2.58. The second-order valence-electron chi connectivity index (χ2n) is 4.66. The van der Waals surface area contributed by atoms with Gasteiger partial charge in [-0.25, -0.2) is 4.39 Å². The van der Waals surface area contributed by atoms with Crippen molar-refractivity contribution in [2.45, 2.75) is 12.8 Å². The molecule has 2 rings (SSSR count). The average Bonchev–Trinajstić information content (AvgIpc) is 3.16. The number of amides is 1. The Morgan fingerprint density at radius 3 is 2.78 bits per heavy atom. The minimum absolute atomic E-state index is 0.0279. The number of benzene rings is 1. The summed E-state index contributed by atoms with van der Waals surface area (Å²) in [6.07, 6.45) is 2.03. The van der Waals surface area contributed by atoms with Gasteiger partial charge in [0.1, 0.15) is 11.6 Å². The Kier molecular flexibility index (Phi) is 3.76. The zero-order chi connectivity index (χ0) is 13.2. The normalized spacial score (nSPS) is 16.2. The first-order valence-electron chi connectivity index (χ1n) is 5.78. The van der Waals surface area contributed by atoms with Gasteiger partial charge in [-0.2, -0.15) is 0 Å². The first kappa shape index (κ1) is 13.1. The number of ether oxygens (including phenoxy) is 1. The number of carbonyl (C=O) groups excluding carboxylic acids is 1. The molecule has 1 saturated carbocycles. The minimum atomic E-state index is -0.581. The van der Waals surface area contributed by atoms with E-state index < -0.39 is 11.7 Å². The van der Waals surface area contributed by atoms with E-state index in [9.17, 15) is 9.18 Å². The van der Waals surface area contributed by atoms with Crippen LogP contribution in [0, 0.1) is 11.2 Å². The van der Waals surface area contributed by atoms with Crippen molar-refractivity contribution < 1.29 is 13.9 Å². The van der Waals surface area contributed by atoms with Crippen molar-refractivity contribution in [3.63, 3.8) is 0 Å². The minimum Gasteiger partial charge on any atom is -0.497 e. The molecule has 1 aliphatic carbocycles. The van der Waals surface area contributed by atoms with Gasteiger partial charge in [0, 0.05) is 23.9 Å². The summed E-state index contributed by atoms with van der Waals surface area (Å²) in [5.41, 5.74) is 0.0568. The SMILES string of the molecule is COc1ccc(C(=O)NCC2(CCl)CC2)c(F)c1. The lowest BCUT2D eigenvalue weighted by molar-refractivity contribution is 0.0942. The Morgan fingerprint density at radius 1 is 1.56 bits per heavy atom. The third kappa shape index (κ3) is 2.75. The van der Waals surface area contributed by atoms with Crippen LogP contribution in [0.1, 0.15) is 23.2 Å². The van der Waals surface area contributed by atoms with Gasteiger partial charge in [-0.1, -0.05) is 0 Å². The van der Waals surface area contributed by atoms with Crippen LogP contribution < -0.4 is 10.1 Å². The van der Waals surface area contributed by atoms with E-state index in [0.717, 1.165) is 12.8 Å². The summed E-state index contributed by atoms with van der Waals surface area (Å²) in [6.45, 7) is 0.501. The van der Waals surface area contributed by atoms with E-state index in [4.69, 9.17) is 16.3 Å². The molecule has 0 bridgehead atoms. The Labute approximate surface area is 110 Å². The summed E-state index contributed by atoms with van der Waals surface area (Å²) >= 11 is 5.81. The van der Waals surface area contributed by atoms with Crippen molar-refractivity contribution >= 4 is 17.5 Å². The molecule has 1 aromatic carbocycles. The topological polar surface area (TPSA) is 38.3 Å². The fourth-order valence-corrected chi connectivity index (χ4v) is 2.07. The van der Waals surface area contributed by atoms with Gasteiger partial charge in [-0.3, -0.25) is 4.79 Å². The number of nitrogens with one attached hydrogen (secondary N) is 1. The van der Waals surface area contributed by atoms with E-state index in [-0.39, 0.29) is 11.0 Å². The highest BCUT2D eigenvalue weighted by Gasteiger charge is 2.41. The molecular formula is C13H15ClFNO2. The van der Waals surface area contributed by atoms with Gasteiger partial charge >= 0.3 is 0 Å². The van der Waals surface area contributed by atoms with Crippen LogP contribution >= 0.6 is 11.6 Å². The zero-order valence-electron chi connectivity index (χ0n) is 10.1. The van der Waals surface area contributed by atoms with E-state index in [1.54, 1.807) is 6.07 Å². The van der Waals surface area contributed by atoms with E-state index in [1.165, 1.54) is 19.2 Å². The first-order chi connectivity index (χ1) is 8.60. The maximum Gasteiger partial charge on any atom is 0.254 e. The number of hydrogen-bond acceptors (Lipinski definition) is 2. The number of hydrogen-bond donors (Lipinski definition) is 1. The molecule has 1 aliphatic rings. The highest BCUT2D eigenvalue weighted by atomic mass is 35.5. The van der Waals surface area contributed by atoms with E-state index in [0.29, 0.717) is 18.2 Å². The van der Waals surface area contributed by atoms with Gasteiger partial charge in [0.15, 0.2) is 0 Å². The van der Waals surface area contributed by atoms with Gasteiger partial charge in [0.2, 0.25) is 0 Å². The molecule has 18 heavy (non-hydrogen) atoms. The molecule has 0 radical (unpaired) electrons. The van der Waals surface area contributed by atoms with Crippen LogP contribution in [-0.2, 0) is 0 Å². The largest absolute Gasteiger partial charge is 0.497 e. The smallest absolute Gasteiger partial charge is 0.254 e. The second-order valence-corrected chi connectivity index (χ2v) is 4.93. The maximum absolute atomic E-state index is 13.6. The number of methoxy groups -OCH3 is 1. The molecule has 1 N–H and O–H groups in total. The summed E-state index contributed by atoms with van der Waals surface area (Å²) in [4.78, 5) is 11.8. The molecule has 0 aliphatic heterocycles. The summed E-state index contributed by atoms with van der Waals surface area (Å²) in [6, 6.07) is 4.18. The van der Waals surface area contributed by atoms with Gasteiger partial charge < -0.3 is 10.1 Å². The number of rotatable bonds is 5. The molecule has 0 spiro atoms. The van der Waals surface area contributed by atoms with Crippen molar-refractivity contribution in [3.8, 4) is 5.75 Å². The molecule has 0 unspecified atom stereocenters. The van der Waals surface area contributed by atoms with Crippen LogP contribution in [0.4, 0.5) is 4.39 Å². The van der Waals surface area contributed by atoms with Crippen molar-refractivity contribution in [2.24, 2.45) is 5.41 Å². The predicted molar refractivity (Wildman–Crippen MR) is 67.7 cm³/mol. The molecule has 98 valence electrons. The van der Waals surface area contributed by atoms with E-state index >= 15 is 0 Å². The van der Waals surface area contributed by atoms with E-state index in [1.807, 2.05) is 0 Å².